The summed E-state index contributed by atoms with van der Waals surface area (Å²) in [5.74, 6) is 0. The van der Waals surface area contributed by atoms with E-state index in [0.29, 0.717) is 0 Å². The highest BCUT2D eigenvalue weighted by Crippen LogP contribution is 2.01. The lowest BCUT2D eigenvalue weighted by Crippen LogP contribution is -2.25. The molecule has 8 heavy (non-hydrogen) atoms. The van der Waals surface area contributed by atoms with Crippen molar-refractivity contribution >= 4 is 18.6 Å². The molecule has 50 valence electrons. The van der Waals surface area contributed by atoms with Crippen LogP contribution in [0, 0.1) is 0 Å². The SMILES string of the molecule is C[Si](C)(C)OCC[SiH3]. The first-order chi connectivity index (χ1) is 3.56. The molecule has 0 aliphatic carbocycles. The third-order valence-electron chi connectivity index (χ3n) is 0.739. The molecule has 0 unspecified atom stereocenters. The molecule has 0 amide bonds. The van der Waals surface area contributed by atoms with Crippen molar-refractivity contribution in [2.75, 3.05) is 6.61 Å². The van der Waals surface area contributed by atoms with E-state index in [0.717, 1.165) is 6.61 Å². The van der Waals surface area contributed by atoms with Crippen LogP contribution in [0.25, 0.3) is 0 Å². The highest BCUT2D eigenvalue weighted by Gasteiger charge is 2.11. The molecule has 3 heteroatoms. The van der Waals surface area contributed by atoms with Crippen LogP contribution in [0.2, 0.25) is 25.7 Å². The van der Waals surface area contributed by atoms with Gasteiger partial charge in [-0.15, -0.1) is 0 Å². The van der Waals surface area contributed by atoms with Gasteiger partial charge in [0, 0.05) is 16.8 Å². The van der Waals surface area contributed by atoms with Crippen molar-refractivity contribution in [3.05, 3.63) is 0 Å². The monoisotopic (exact) mass is 148 g/mol. The standard InChI is InChI=1S/C5H16OSi2/c1-8(2,3)6-4-5-7/h4-5H2,1-3,7H3. The molecular formula is C5H16OSi2. The Bertz CT molecular complexity index is 57.9. The van der Waals surface area contributed by atoms with Crippen LogP contribution in [0.5, 0.6) is 0 Å². The van der Waals surface area contributed by atoms with Crippen LogP contribution in [-0.2, 0) is 4.43 Å². The van der Waals surface area contributed by atoms with Crippen LogP contribution >= 0.6 is 0 Å². The number of rotatable bonds is 3. The number of hydrogen-bond donors (Lipinski definition) is 0. The van der Waals surface area contributed by atoms with Gasteiger partial charge in [0.15, 0.2) is 8.32 Å². The molecule has 0 aromatic heterocycles. The van der Waals surface area contributed by atoms with E-state index in [1.165, 1.54) is 16.3 Å². The van der Waals surface area contributed by atoms with Gasteiger partial charge >= 0.3 is 0 Å². The van der Waals surface area contributed by atoms with Crippen molar-refractivity contribution in [3.8, 4) is 0 Å². The van der Waals surface area contributed by atoms with Crippen LogP contribution in [0.1, 0.15) is 0 Å². The average Bonchev–Trinajstić information content (AvgIpc) is 1.59. The second kappa shape index (κ2) is 3.43. The maximum atomic E-state index is 5.55. The minimum atomic E-state index is -1.16. The molecule has 0 radical (unpaired) electrons. The fourth-order valence-corrected chi connectivity index (χ4v) is 1.84. The van der Waals surface area contributed by atoms with Crippen LogP contribution in [0.4, 0.5) is 0 Å². The maximum absolute atomic E-state index is 5.55. The molecule has 0 aliphatic heterocycles. The zero-order valence-corrected chi connectivity index (χ0v) is 9.32. The summed E-state index contributed by atoms with van der Waals surface area (Å²) in [4.78, 5) is 0. The van der Waals surface area contributed by atoms with Gasteiger partial charge < -0.3 is 4.43 Å². The largest absolute Gasteiger partial charge is 0.418 e. The predicted octanol–water partition coefficient (Wildman–Crippen LogP) is 0.622. The van der Waals surface area contributed by atoms with E-state index in [4.69, 9.17) is 4.43 Å². The average molecular weight is 148 g/mol. The first-order valence-corrected chi connectivity index (χ1v) is 8.02. The van der Waals surface area contributed by atoms with E-state index < -0.39 is 8.32 Å². The molecule has 0 aliphatic rings. The minimum absolute atomic E-state index is 1.00. The van der Waals surface area contributed by atoms with Crippen LogP contribution in [0.15, 0.2) is 0 Å². The van der Waals surface area contributed by atoms with E-state index in [-0.39, 0.29) is 0 Å². The van der Waals surface area contributed by atoms with Gasteiger partial charge in [-0.2, -0.15) is 0 Å². The normalized spacial score (nSPS) is 12.4. The lowest BCUT2D eigenvalue weighted by atomic mass is 10.9. The zero-order chi connectivity index (χ0) is 6.62. The molecule has 0 rings (SSSR count). The highest BCUT2D eigenvalue weighted by atomic mass is 28.4. The van der Waals surface area contributed by atoms with Crippen LogP contribution in [-0.4, -0.2) is 25.2 Å². The summed E-state index contributed by atoms with van der Waals surface area (Å²) >= 11 is 0. The van der Waals surface area contributed by atoms with Crippen molar-refractivity contribution < 1.29 is 4.43 Å². The fourth-order valence-electron chi connectivity index (χ4n) is 0.408. The Morgan fingerprint density at radius 3 is 2.00 bits per heavy atom. The van der Waals surface area contributed by atoms with Gasteiger partial charge in [0.05, 0.1) is 0 Å². The van der Waals surface area contributed by atoms with Gasteiger partial charge in [-0.25, -0.2) is 0 Å². The second-order valence-corrected chi connectivity index (χ2v) is 8.47. The summed E-state index contributed by atoms with van der Waals surface area (Å²) in [6.07, 6.45) is 0. The van der Waals surface area contributed by atoms with Crippen molar-refractivity contribution in [2.45, 2.75) is 25.7 Å². The van der Waals surface area contributed by atoms with Gasteiger partial charge in [0.25, 0.3) is 0 Å². The third kappa shape index (κ3) is 6.39. The fraction of sp³-hybridized carbons (Fsp3) is 1.00. The Balaban J connectivity index is 3.11. The summed E-state index contributed by atoms with van der Waals surface area (Å²) < 4.78 is 5.55. The predicted molar refractivity (Wildman–Crippen MR) is 44.0 cm³/mol. The van der Waals surface area contributed by atoms with Gasteiger partial charge in [0.1, 0.15) is 0 Å². The molecular weight excluding hydrogens is 132 g/mol. The Hall–Kier alpha value is 0.394. The lowest BCUT2D eigenvalue weighted by molar-refractivity contribution is 0.334. The Labute approximate surface area is 56.0 Å². The molecule has 0 atom stereocenters. The van der Waals surface area contributed by atoms with Gasteiger partial charge in [-0.3, -0.25) is 0 Å². The highest BCUT2D eigenvalue weighted by molar-refractivity contribution is 6.69. The number of hydrogen-bond acceptors (Lipinski definition) is 1. The molecule has 1 nitrogen and oxygen atoms in total. The molecule has 0 N–H and O–H groups in total. The Kier molecular flexibility index (Phi) is 3.59. The molecule has 0 bridgehead atoms. The molecule has 0 fully saturated rings. The van der Waals surface area contributed by atoms with E-state index in [9.17, 15) is 0 Å². The molecule has 0 heterocycles. The van der Waals surface area contributed by atoms with Gasteiger partial charge in [0.2, 0.25) is 0 Å². The molecule has 0 saturated carbocycles. The second-order valence-electron chi connectivity index (χ2n) is 2.96. The molecule has 0 saturated heterocycles. The quantitative estimate of drug-likeness (QED) is 0.533. The van der Waals surface area contributed by atoms with E-state index in [2.05, 4.69) is 19.6 Å². The minimum Gasteiger partial charge on any atom is -0.418 e. The van der Waals surface area contributed by atoms with Crippen molar-refractivity contribution in [3.63, 3.8) is 0 Å². The van der Waals surface area contributed by atoms with Crippen molar-refractivity contribution in [1.82, 2.24) is 0 Å². The van der Waals surface area contributed by atoms with Gasteiger partial charge in [-0.05, 0) is 25.7 Å². The Morgan fingerprint density at radius 2 is 1.88 bits per heavy atom. The summed E-state index contributed by atoms with van der Waals surface area (Å²) in [5.41, 5.74) is 0. The summed E-state index contributed by atoms with van der Waals surface area (Å²) in [5, 5.41) is 0. The van der Waals surface area contributed by atoms with E-state index >= 15 is 0 Å². The van der Waals surface area contributed by atoms with Crippen LogP contribution in [0.3, 0.4) is 0 Å². The van der Waals surface area contributed by atoms with E-state index in [1.54, 1.807) is 0 Å². The smallest absolute Gasteiger partial charge is 0.183 e. The molecule has 0 aromatic rings. The first kappa shape index (κ1) is 8.39. The summed E-state index contributed by atoms with van der Waals surface area (Å²) in [7, 11) is 0.124. The van der Waals surface area contributed by atoms with Crippen molar-refractivity contribution in [2.24, 2.45) is 0 Å². The summed E-state index contributed by atoms with van der Waals surface area (Å²) in [6, 6.07) is 1.28. The van der Waals surface area contributed by atoms with Gasteiger partial charge in [-0.1, -0.05) is 0 Å². The summed E-state index contributed by atoms with van der Waals surface area (Å²) in [6.45, 7) is 7.68. The molecule has 0 aromatic carbocycles. The third-order valence-corrected chi connectivity index (χ3v) is 2.22. The van der Waals surface area contributed by atoms with Crippen LogP contribution < -0.4 is 0 Å². The first-order valence-electron chi connectivity index (χ1n) is 3.20. The Morgan fingerprint density at radius 1 is 1.38 bits per heavy atom. The van der Waals surface area contributed by atoms with E-state index in [1.807, 2.05) is 0 Å². The molecule has 0 spiro atoms. The zero-order valence-electron chi connectivity index (χ0n) is 6.32. The lowest BCUT2D eigenvalue weighted by Gasteiger charge is -2.15. The van der Waals surface area contributed by atoms with Crippen molar-refractivity contribution in [1.29, 1.82) is 0 Å². The topological polar surface area (TPSA) is 9.23 Å². The maximum Gasteiger partial charge on any atom is 0.183 e.